The second kappa shape index (κ2) is 10.2. The highest BCUT2D eigenvalue weighted by molar-refractivity contribution is 6.42. The minimum Gasteiger partial charge on any atom is -0.457 e. The third-order valence-electron chi connectivity index (χ3n) is 5.97. The summed E-state index contributed by atoms with van der Waals surface area (Å²) in [6, 6.07) is 10.5. The SMILES string of the molecule is Cc1cc(C(=O)COC(=O)CCN2C(=O)c3cccc([N+](=O)[O-])c3C2=O)c(C)n1-c1ccc(Cl)c(Cl)c1. The molecule has 0 unspecified atom stereocenters. The molecule has 0 radical (unpaired) electrons. The molecule has 1 aliphatic heterocycles. The Labute approximate surface area is 220 Å². The summed E-state index contributed by atoms with van der Waals surface area (Å²) in [6.45, 7) is 2.66. The number of nitro groups is 1. The molecule has 0 saturated heterocycles. The molecule has 0 saturated carbocycles. The number of esters is 1. The minimum absolute atomic E-state index is 0.0972. The van der Waals surface area contributed by atoms with Crippen molar-refractivity contribution in [2.24, 2.45) is 0 Å². The zero-order valence-electron chi connectivity index (χ0n) is 19.6. The molecular weight excluding hydrogens is 525 g/mol. The molecule has 0 bridgehead atoms. The Bertz CT molecular complexity index is 1500. The standard InChI is InChI=1S/C25H19Cl2N3O7/c1-13-10-17(14(2)29(13)15-6-7-18(26)19(27)11-15)21(31)12-37-22(32)8-9-28-24(33)16-4-3-5-20(30(35)36)23(16)25(28)34/h3-7,10-11H,8-9,12H2,1-2H3. The van der Waals surface area contributed by atoms with E-state index in [1.165, 1.54) is 12.1 Å². The number of rotatable bonds is 8. The average Bonchev–Trinajstić information content (AvgIpc) is 3.29. The number of amides is 2. The van der Waals surface area contributed by atoms with E-state index >= 15 is 0 Å². The van der Waals surface area contributed by atoms with Gasteiger partial charge in [0, 0.05) is 35.2 Å². The number of fused-ring (bicyclic) bond motifs is 1. The van der Waals surface area contributed by atoms with Crippen LogP contribution in [0.25, 0.3) is 5.69 Å². The van der Waals surface area contributed by atoms with E-state index in [0.717, 1.165) is 16.7 Å². The first-order chi connectivity index (χ1) is 17.5. The summed E-state index contributed by atoms with van der Waals surface area (Å²) in [7, 11) is 0. The Hall–Kier alpha value is -4.02. The van der Waals surface area contributed by atoms with E-state index in [4.69, 9.17) is 27.9 Å². The van der Waals surface area contributed by atoms with Crippen LogP contribution in [0, 0.1) is 24.0 Å². The number of nitro benzene ring substituents is 1. The van der Waals surface area contributed by atoms with Crippen LogP contribution in [0.3, 0.4) is 0 Å². The zero-order chi connectivity index (χ0) is 27.0. The maximum atomic E-state index is 12.8. The number of ketones is 1. The number of carbonyl (C=O) groups excluding carboxylic acids is 4. The average molecular weight is 544 g/mol. The van der Waals surface area contributed by atoms with Gasteiger partial charge >= 0.3 is 5.97 Å². The zero-order valence-corrected chi connectivity index (χ0v) is 21.1. The number of benzene rings is 2. The Morgan fingerprint density at radius 3 is 2.43 bits per heavy atom. The highest BCUT2D eigenvalue weighted by Gasteiger charge is 2.40. The van der Waals surface area contributed by atoms with Gasteiger partial charge in [-0.15, -0.1) is 0 Å². The molecule has 0 N–H and O–H groups in total. The van der Waals surface area contributed by atoms with Gasteiger partial charge in [0.25, 0.3) is 17.5 Å². The van der Waals surface area contributed by atoms with E-state index in [1.54, 1.807) is 31.2 Å². The number of ether oxygens (including phenoxy) is 1. The lowest BCUT2D eigenvalue weighted by Crippen LogP contribution is -2.32. The Kier molecular flexibility index (Phi) is 7.15. The van der Waals surface area contributed by atoms with Gasteiger partial charge < -0.3 is 9.30 Å². The van der Waals surface area contributed by atoms with Crippen molar-refractivity contribution < 1.29 is 28.8 Å². The van der Waals surface area contributed by atoms with E-state index in [1.807, 2.05) is 11.5 Å². The molecule has 2 aromatic carbocycles. The van der Waals surface area contributed by atoms with E-state index < -0.39 is 40.8 Å². The van der Waals surface area contributed by atoms with Crippen molar-refractivity contribution in [3.63, 3.8) is 0 Å². The summed E-state index contributed by atoms with van der Waals surface area (Å²) in [4.78, 5) is 61.4. The van der Waals surface area contributed by atoms with Gasteiger partial charge in [-0.25, -0.2) is 0 Å². The molecule has 4 rings (SSSR count). The van der Waals surface area contributed by atoms with Gasteiger partial charge in [-0.1, -0.05) is 29.3 Å². The van der Waals surface area contributed by atoms with E-state index in [0.29, 0.717) is 27.0 Å². The molecule has 37 heavy (non-hydrogen) atoms. The highest BCUT2D eigenvalue weighted by atomic mass is 35.5. The van der Waals surface area contributed by atoms with E-state index in [2.05, 4.69) is 0 Å². The number of Topliss-reactive ketones (excluding diaryl/α,β-unsaturated/α-hetero) is 1. The molecule has 2 heterocycles. The van der Waals surface area contributed by atoms with Gasteiger partial charge in [-0.2, -0.15) is 0 Å². The predicted molar refractivity (Wildman–Crippen MR) is 134 cm³/mol. The number of aryl methyl sites for hydroxylation is 1. The highest BCUT2D eigenvalue weighted by Crippen LogP contribution is 2.31. The Morgan fingerprint density at radius 2 is 1.76 bits per heavy atom. The number of nitrogens with zero attached hydrogens (tertiary/aromatic N) is 3. The Balaban J connectivity index is 1.39. The van der Waals surface area contributed by atoms with Crippen molar-refractivity contribution in [1.29, 1.82) is 0 Å². The summed E-state index contributed by atoms with van der Waals surface area (Å²) in [5, 5.41) is 12.0. The molecule has 190 valence electrons. The minimum atomic E-state index is -0.856. The van der Waals surface area contributed by atoms with Crippen LogP contribution in [0.15, 0.2) is 42.5 Å². The Morgan fingerprint density at radius 1 is 1.03 bits per heavy atom. The van der Waals surface area contributed by atoms with Gasteiger partial charge in [0.15, 0.2) is 6.61 Å². The third kappa shape index (κ3) is 4.85. The van der Waals surface area contributed by atoms with Crippen LogP contribution in [0.4, 0.5) is 5.69 Å². The van der Waals surface area contributed by atoms with Crippen molar-refractivity contribution >= 4 is 52.5 Å². The molecule has 12 heteroatoms. The molecule has 2 amide bonds. The molecular formula is C25H19Cl2N3O7. The molecule has 1 aliphatic rings. The van der Waals surface area contributed by atoms with Gasteiger partial charge in [-0.05, 0) is 44.2 Å². The maximum absolute atomic E-state index is 12.8. The van der Waals surface area contributed by atoms with E-state index in [-0.39, 0.29) is 24.1 Å². The third-order valence-corrected chi connectivity index (χ3v) is 6.71. The summed E-state index contributed by atoms with van der Waals surface area (Å²) < 4.78 is 6.90. The lowest BCUT2D eigenvalue weighted by atomic mass is 10.1. The van der Waals surface area contributed by atoms with Crippen molar-refractivity contribution in [3.8, 4) is 5.69 Å². The van der Waals surface area contributed by atoms with Crippen molar-refractivity contribution in [3.05, 3.63) is 90.7 Å². The van der Waals surface area contributed by atoms with Crippen molar-refractivity contribution in [1.82, 2.24) is 9.47 Å². The van der Waals surface area contributed by atoms with Crippen LogP contribution < -0.4 is 0 Å². The monoisotopic (exact) mass is 543 g/mol. The first-order valence-corrected chi connectivity index (χ1v) is 11.7. The van der Waals surface area contributed by atoms with Crippen LogP contribution >= 0.6 is 23.2 Å². The van der Waals surface area contributed by atoms with Crippen molar-refractivity contribution in [2.45, 2.75) is 20.3 Å². The molecule has 3 aromatic rings. The number of aromatic nitrogens is 1. The van der Waals surface area contributed by atoms with Gasteiger partial charge in [0.05, 0.1) is 27.0 Å². The second-order valence-electron chi connectivity index (χ2n) is 8.27. The molecule has 0 aliphatic carbocycles. The topological polar surface area (TPSA) is 129 Å². The predicted octanol–water partition coefficient (Wildman–Crippen LogP) is 4.72. The second-order valence-corrected chi connectivity index (χ2v) is 9.09. The smallest absolute Gasteiger partial charge is 0.308 e. The number of hydrogen-bond donors (Lipinski definition) is 0. The van der Waals surface area contributed by atoms with Crippen LogP contribution in [0.5, 0.6) is 0 Å². The fourth-order valence-corrected chi connectivity index (χ4v) is 4.53. The normalized spacial score (nSPS) is 12.6. The largest absolute Gasteiger partial charge is 0.457 e. The number of halogens is 2. The van der Waals surface area contributed by atoms with Crippen LogP contribution in [-0.4, -0.2) is 51.1 Å². The van der Waals surface area contributed by atoms with Crippen LogP contribution in [0.2, 0.25) is 10.0 Å². The fraction of sp³-hybridized carbons (Fsp3) is 0.200. The summed E-state index contributed by atoms with van der Waals surface area (Å²) >= 11 is 12.1. The fourth-order valence-electron chi connectivity index (χ4n) is 4.24. The molecule has 0 spiro atoms. The quantitative estimate of drug-likeness (QED) is 0.132. The van der Waals surface area contributed by atoms with Gasteiger partial charge in [0.1, 0.15) is 5.56 Å². The van der Waals surface area contributed by atoms with Gasteiger partial charge in [-0.3, -0.25) is 34.2 Å². The molecule has 1 aromatic heterocycles. The van der Waals surface area contributed by atoms with Crippen LogP contribution in [0.1, 0.15) is 48.9 Å². The molecule has 0 atom stereocenters. The molecule has 0 fully saturated rings. The summed E-state index contributed by atoms with van der Waals surface area (Å²) in [5.41, 5.74) is 1.55. The number of hydrogen-bond acceptors (Lipinski definition) is 7. The lowest BCUT2D eigenvalue weighted by Gasteiger charge is -2.13. The van der Waals surface area contributed by atoms with Crippen molar-refractivity contribution in [2.75, 3.05) is 13.2 Å². The van der Waals surface area contributed by atoms with Crippen LogP contribution in [-0.2, 0) is 9.53 Å². The van der Waals surface area contributed by atoms with Gasteiger partial charge in [0.2, 0.25) is 5.78 Å². The first kappa shape index (κ1) is 26.1. The van der Waals surface area contributed by atoms with E-state index in [9.17, 15) is 29.3 Å². The number of carbonyl (C=O) groups is 4. The number of imide groups is 1. The first-order valence-electron chi connectivity index (χ1n) is 11.0. The molecule has 10 nitrogen and oxygen atoms in total. The summed E-state index contributed by atoms with van der Waals surface area (Å²) in [5.74, 6) is -2.84. The lowest BCUT2D eigenvalue weighted by molar-refractivity contribution is -0.385. The summed E-state index contributed by atoms with van der Waals surface area (Å²) in [6.07, 6.45) is -0.380. The maximum Gasteiger partial charge on any atom is 0.308 e.